The predicted octanol–water partition coefficient (Wildman–Crippen LogP) is 12.3. The number of nitro benzene ring substituents is 2. The van der Waals surface area contributed by atoms with E-state index in [-0.39, 0.29) is 79.6 Å². The van der Waals surface area contributed by atoms with Gasteiger partial charge in [-0.2, -0.15) is 19.9 Å². The number of rotatable bonds is 14. The first-order chi connectivity index (χ1) is 36.4. The minimum atomic E-state index is -0.596. The zero-order valence-corrected chi connectivity index (χ0v) is 44.3. The molecule has 0 unspecified atom stereocenters. The number of phenolic OH excluding ortho intramolecular Hbond substituents is 2. The second kappa shape index (κ2) is 25.4. The number of aryl methyl sites for hydroxylation is 2. The van der Waals surface area contributed by atoms with Crippen LogP contribution in [-0.4, -0.2) is 79.9 Å². The van der Waals surface area contributed by atoms with E-state index < -0.39 is 9.85 Å². The molecule has 0 fully saturated rings. The number of aromatic hydroxyl groups is 4. The largest absolute Gasteiger partial charge is 0.506 e. The number of nitrogens with zero attached hydrogens (tertiary/aromatic N) is 13. The molecule has 8 aromatic rings. The fourth-order valence-electron chi connectivity index (χ4n) is 8.04. The van der Waals surface area contributed by atoms with E-state index in [0.29, 0.717) is 24.2 Å². The third kappa shape index (κ3) is 13.8. The van der Waals surface area contributed by atoms with Gasteiger partial charge in [-0.15, -0.1) is 20.5 Å². The zero-order chi connectivity index (χ0) is 54.7. The van der Waals surface area contributed by atoms with Crippen molar-refractivity contribution in [1.29, 1.82) is 0 Å². The van der Waals surface area contributed by atoms with Gasteiger partial charge in [-0.05, 0) is 68.3 Å². The van der Waals surface area contributed by atoms with Crippen LogP contribution >= 0.6 is 11.6 Å². The summed E-state index contributed by atoms with van der Waals surface area (Å²) in [4.78, 5) is 20.5. The monoisotopic (exact) mass is 1110 g/mol. The molecule has 0 saturated carbocycles. The smallest absolute Gasteiger partial charge is 0.271 e. The number of halogens is 1. The molecule has 21 nitrogen and oxygen atoms in total. The molecule has 23 heteroatoms. The van der Waals surface area contributed by atoms with Crippen LogP contribution in [0.3, 0.4) is 0 Å². The van der Waals surface area contributed by atoms with Gasteiger partial charge in [0.1, 0.15) is 35.6 Å². The van der Waals surface area contributed by atoms with Crippen LogP contribution in [0.5, 0.6) is 23.3 Å². The molecular weight excluding hydrogens is 1050 g/mol. The number of hydrogen-bond acceptors (Lipinski definition) is 16. The second-order valence-corrected chi connectivity index (χ2v) is 18.0. The summed E-state index contributed by atoms with van der Waals surface area (Å²) >= 11 is 5.96. The normalized spacial score (nSPS) is 12.5. The molecule has 1 aliphatic heterocycles. The number of hydrogen-bond donors (Lipinski definition) is 4. The first kappa shape index (κ1) is 57.2. The molecule has 77 heavy (non-hydrogen) atoms. The number of phenols is 2. The molecule has 2 aromatic heterocycles. The van der Waals surface area contributed by atoms with Crippen molar-refractivity contribution < 1.29 is 51.6 Å². The summed E-state index contributed by atoms with van der Waals surface area (Å²) in [5.41, 5.74) is 7.40. The van der Waals surface area contributed by atoms with E-state index in [9.17, 15) is 40.7 Å². The van der Waals surface area contributed by atoms with Crippen LogP contribution in [0.25, 0.3) is 0 Å². The van der Waals surface area contributed by atoms with Crippen molar-refractivity contribution in [3.05, 3.63) is 199 Å². The van der Waals surface area contributed by atoms with Gasteiger partial charge in [0.05, 0.1) is 32.3 Å². The fraction of sp³-hybridized carbons (Fsp3) is 0.185. The molecule has 1 aliphatic rings. The Bertz CT molecular complexity index is 3350. The molecule has 0 aliphatic carbocycles. The van der Waals surface area contributed by atoms with Crippen LogP contribution in [0.15, 0.2) is 171 Å². The van der Waals surface area contributed by atoms with Gasteiger partial charge in [0.25, 0.3) is 11.4 Å². The maximum atomic E-state index is 10.9. The summed E-state index contributed by atoms with van der Waals surface area (Å²) in [6, 6.07) is 42.2. The minimum absolute atomic E-state index is 0. The average molecular weight is 1110 g/mol. The van der Waals surface area contributed by atoms with Crippen LogP contribution in [0, 0.1) is 20.2 Å². The number of nitro groups is 2. The zero-order valence-electron chi connectivity index (χ0n) is 42.5. The van der Waals surface area contributed by atoms with Gasteiger partial charge in [0.2, 0.25) is 23.2 Å². The predicted molar refractivity (Wildman–Crippen MR) is 289 cm³/mol. The number of azo groups is 2. The van der Waals surface area contributed by atoms with Crippen LogP contribution in [0.2, 0.25) is 5.02 Å². The van der Waals surface area contributed by atoms with Crippen molar-refractivity contribution in [2.24, 2.45) is 39.7 Å². The molecule has 397 valence electrons. The maximum Gasteiger partial charge on any atom is 0.271 e. The Labute approximate surface area is 457 Å². The molecule has 9 rings (SSSR count). The quantitative estimate of drug-likeness (QED) is 0.0261. The van der Waals surface area contributed by atoms with Gasteiger partial charge in [0.15, 0.2) is 11.4 Å². The number of non-ortho nitro benzene ring substituents is 2. The molecule has 0 bridgehead atoms. The van der Waals surface area contributed by atoms with Crippen molar-refractivity contribution in [3.8, 4) is 23.3 Å². The Morgan fingerprint density at radius 1 is 0.662 bits per heavy atom. The van der Waals surface area contributed by atoms with Gasteiger partial charge in [-0.25, -0.2) is 9.36 Å². The van der Waals surface area contributed by atoms with Gasteiger partial charge in [-0.3, -0.25) is 25.2 Å². The third-order valence-electron chi connectivity index (χ3n) is 12.1. The first-order valence-electron chi connectivity index (χ1n) is 23.5. The number of aromatic nitrogens is 4. The number of hydrazone groups is 1. The molecule has 6 aromatic carbocycles. The minimum Gasteiger partial charge on any atom is -0.506 e. The van der Waals surface area contributed by atoms with Crippen molar-refractivity contribution in [2.75, 3.05) is 18.6 Å². The summed E-state index contributed by atoms with van der Waals surface area (Å²) in [5.74, 6) is -0.895. The summed E-state index contributed by atoms with van der Waals surface area (Å²) in [6.07, 6.45) is 2.83. The van der Waals surface area contributed by atoms with Gasteiger partial charge >= 0.3 is 0 Å². The van der Waals surface area contributed by atoms with Crippen molar-refractivity contribution in [2.45, 2.75) is 39.0 Å². The number of fused-ring (bicyclic) bond motifs is 1. The Hall–Kier alpha value is -9.12. The SMILES string of the molecule is CC[N+]1=C(/C=N/N(C)c2ccc(Cl)cc2)C(C)(C)c2ccccc21.Cn1nc(Cc2ccccc2)c(N=Nc2cc([N+](=O)[O-])ccc2O)c1O.Cn1nc(Cc2ccccc2)c(N=Nc2cc([N+](=O)[O-])ccc2O)c1O.[Co]. The summed E-state index contributed by atoms with van der Waals surface area (Å²) in [6.45, 7) is 7.61. The van der Waals surface area contributed by atoms with Crippen molar-refractivity contribution in [3.63, 3.8) is 0 Å². The fourth-order valence-corrected chi connectivity index (χ4v) is 8.16. The third-order valence-corrected chi connectivity index (χ3v) is 12.3. The second-order valence-electron chi connectivity index (χ2n) is 17.6. The molecule has 0 amide bonds. The van der Waals surface area contributed by atoms with E-state index in [1.807, 2.05) is 103 Å². The molecule has 4 N–H and O–H groups in total. The van der Waals surface area contributed by atoms with Crippen LogP contribution in [0.1, 0.15) is 48.8 Å². The van der Waals surface area contributed by atoms with E-state index >= 15 is 0 Å². The number of benzene rings is 6. The van der Waals surface area contributed by atoms with Crippen LogP contribution < -0.4 is 5.01 Å². The van der Waals surface area contributed by atoms with Gasteiger partial charge < -0.3 is 20.4 Å². The standard InChI is InChI=1S/C20H23ClN3.2C17H15N5O4.Co/c1-5-24-18-9-7-6-8-17(18)20(2,3)19(24)14-22-23(4)16-12-10-15(21)11-13-16;2*1-21-17(24)16(14(20-21)9-11-5-3-2-4-6-11)19-18-13-10-12(22(25)26)7-8-15(13)23;/h6-14H,5H2,1-4H3;2*2-8,10,23-24H,9H2,1H3;/q+1;;;. The van der Waals surface area contributed by atoms with E-state index in [0.717, 1.165) is 52.6 Å². The Balaban J connectivity index is 0.000000186. The maximum absolute atomic E-state index is 10.9. The topological polar surface area (TPSA) is 271 Å². The van der Waals surface area contributed by atoms with Crippen molar-refractivity contribution in [1.82, 2.24) is 19.6 Å². The van der Waals surface area contributed by atoms with E-state index in [1.165, 1.54) is 38.5 Å². The number of anilines is 1. The van der Waals surface area contributed by atoms with Gasteiger partial charge in [-0.1, -0.05) is 90.5 Å². The van der Waals surface area contributed by atoms with E-state index in [1.54, 1.807) is 14.1 Å². The molecular formula is C54H53ClCoN13O8+. The Morgan fingerprint density at radius 2 is 1.10 bits per heavy atom. The summed E-state index contributed by atoms with van der Waals surface area (Å²) in [7, 11) is 5.08. The molecule has 0 saturated heterocycles. The first-order valence-corrected chi connectivity index (χ1v) is 23.9. The van der Waals surface area contributed by atoms with Crippen LogP contribution in [-0.2, 0) is 49.1 Å². The summed E-state index contributed by atoms with van der Waals surface area (Å²) < 4.78 is 4.87. The molecule has 1 radical (unpaired) electrons. The van der Waals surface area contributed by atoms with E-state index in [2.05, 4.69) is 85.4 Å². The van der Waals surface area contributed by atoms with Gasteiger partial charge in [0, 0.05) is 91.7 Å². The molecule has 0 spiro atoms. The van der Waals surface area contributed by atoms with E-state index in [4.69, 9.17) is 11.6 Å². The molecule has 0 atom stereocenters. The van der Waals surface area contributed by atoms with Crippen molar-refractivity contribution >= 4 is 69.0 Å². The summed E-state index contributed by atoms with van der Waals surface area (Å²) in [5, 5.41) is 93.0. The molecule has 3 heterocycles. The average Bonchev–Trinajstić information content (AvgIpc) is 3.97. The number of para-hydroxylation sites is 1. The Morgan fingerprint density at radius 3 is 1.55 bits per heavy atom. The Kier molecular flexibility index (Phi) is 18.9. The van der Waals surface area contributed by atoms with Crippen LogP contribution in [0.4, 0.5) is 45.5 Å².